The molecule has 4 rings (SSSR count). The summed E-state index contributed by atoms with van der Waals surface area (Å²) < 4.78 is 0. The van der Waals surface area contributed by atoms with E-state index in [1.807, 2.05) is 26.0 Å². The Morgan fingerprint density at radius 2 is 1.77 bits per heavy atom. The molecule has 5 N–H and O–H groups in total. The van der Waals surface area contributed by atoms with Gasteiger partial charge in [0.15, 0.2) is 5.82 Å². The van der Waals surface area contributed by atoms with Crippen molar-refractivity contribution in [3.63, 3.8) is 0 Å². The van der Waals surface area contributed by atoms with Crippen LogP contribution in [0.2, 0.25) is 0 Å². The van der Waals surface area contributed by atoms with E-state index < -0.39 is 5.91 Å². The summed E-state index contributed by atoms with van der Waals surface area (Å²) in [4.78, 5) is 14.7. The topological polar surface area (TPSA) is 107 Å². The van der Waals surface area contributed by atoms with Crippen molar-refractivity contribution in [2.45, 2.75) is 53.5 Å². The Kier molecular flexibility index (Phi) is 7.34. The lowest BCUT2D eigenvalue weighted by Crippen LogP contribution is -2.35. The van der Waals surface area contributed by atoms with Gasteiger partial charge in [-0.05, 0) is 72.9 Å². The zero-order chi connectivity index (χ0) is 25.1. The molecule has 0 radical (unpaired) electrons. The zero-order valence-corrected chi connectivity index (χ0v) is 21.2. The maximum atomic E-state index is 12.3. The summed E-state index contributed by atoms with van der Waals surface area (Å²) in [5.74, 6) is 1.81. The Labute approximate surface area is 207 Å². The van der Waals surface area contributed by atoms with Gasteiger partial charge in [0, 0.05) is 31.7 Å². The van der Waals surface area contributed by atoms with Crippen LogP contribution in [-0.2, 0) is 13.0 Å². The fourth-order valence-electron chi connectivity index (χ4n) is 5.09. The first kappa shape index (κ1) is 24.6. The van der Waals surface area contributed by atoms with E-state index in [4.69, 9.17) is 5.73 Å². The maximum Gasteiger partial charge on any atom is 0.254 e. The maximum absolute atomic E-state index is 12.3. The summed E-state index contributed by atoms with van der Waals surface area (Å²) >= 11 is 0. The van der Waals surface area contributed by atoms with Crippen LogP contribution < -0.4 is 16.0 Å². The molecule has 2 heterocycles. The number of amides is 1. The number of anilines is 2. The van der Waals surface area contributed by atoms with Crippen LogP contribution in [0.25, 0.3) is 0 Å². The number of rotatable bonds is 8. The van der Waals surface area contributed by atoms with E-state index in [1.165, 1.54) is 18.5 Å². The molecule has 1 aliphatic rings. The molecule has 0 aliphatic carbocycles. The third kappa shape index (κ3) is 5.61. The number of aromatic hydroxyl groups is 1. The van der Waals surface area contributed by atoms with E-state index in [1.54, 1.807) is 0 Å². The summed E-state index contributed by atoms with van der Waals surface area (Å²) in [6.07, 6.45) is 3.03. The first-order chi connectivity index (χ1) is 16.7. The lowest BCUT2D eigenvalue weighted by molar-refractivity contribution is 0.100. The van der Waals surface area contributed by atoms with Crippen molar-refractivity contribution < 1.29 is 9.90 Å². The van der Waals surface area contributed by atoms with Gasteiger partial charge in [-0.3, -0.25) is 9.89 Å². The number of benzene rings is 2. The van der Waals surface area contributed by atoms with E-state index in [0.29, 0.717) is 35.8 Å². The molecule has 0 atom stereocenters. The molecule has 1 aromatic heterocycles. The van der Waals surface area contributed by atoms with Crippen molar-refractivity contribution in [3.05, 3.63) is 69.9 Å². The number of carbonyl (C=O) groups excluding carboxylic acids is 1. The van der Waals surface area contributed by atoms with E-state index in [9.17, 15) is 9.90 Å². The van der Waals surface area contributed by atoms with Gasteiger partial charge in [-0.1, -0.05) is 38.1 Å². The molecular weight excluding hydrogens is 438 g/mol. The second kappa shape index (κ2) is 10.4. The standard InChI is InChI=1S/C28H37N5O2/c1-17(2)22-9-11-33(12-10-22)23-7-5-20(6-8-23)15-24-25(27(29)35)28(32-31-24)30-16-21-13-18(3)26(34)19(4)14-21/h5-8,13-14,17,22,34H,9-12,15-16H2,1-4H3,(H2,29,35)(H2,30,31,32). The van der Waals surface area contributed by atoms with E-state index >= 15 is 0 Å². The van der Waals surface area contributed by atoms with Gasteiger partial charge in [0.05, 0.1) is 5.69 Å². The molecule has 1 fully saturated rings. The molecule has 35 heavy (non-hydrogen) atoms. The van der Waals surface area contributed by atoms with Gasteiger partial charge in [0.2, 0.25) is 0 Å². The fraction of sp³-hybridized carbons (Fsp3) is 0.429. The van der Waals surface area contributed by atoms with Gasteiger partial charge in [-0.15, -0.1) is 0 Å². The molecule has 7 nitrogen and oxygen atoms in total. The summed E-state index contributed by atoms with van der Waals surface area (Å²) in [6, 6.07) is 12.4. The second-order valence-electron chi connectivity index (χ2n) is 10.1. The highest BCUT2D eigenvalue weighted by Gasteiger charge is 2.22. The van der Waals surface area contributed by atoms with Gasteiger partial charge in [0.25, 0.3) is 5.91 Å². The molecular formula is C28H37N5O2. The third-order valence-electron chi connectivity index (χ3n) is 7.26. The predicted molar refractivity (Wildman–Crippen MR) is 141 cm³/mol. The molecule has 0 spiro atoms. The normalized spacial score (nSPS) is 14.5. The first-order valence-corrected chi connectivity index (χ1v) is 12.5. The predicted octanol–water partition coefficient (Wildman–Crippen LogP) is 4.91. The summed E-state index contributed by atoms with van der Waals surface area (Å²) in [5, 5.41) is 20.5. The molecule has 1 saturated heterocycles. The minimum Gasteiger partial charge on any atom is -0.507 e. The summed E-state index contributed by atoms with van der Waals surface area (Å²) in [7, 11) is 0. The van der Waals surface area contributed by atoms with Crippen molar-refractivity contribution in [3.8, 4) is 5.75 Å². The number of phenols is 1. The molecule has 186 valence electrons. The van der Waals surface area contributed by atoms with Crippen molar-refractivity contribution in [2.75, 3.05) is 23.3 Å². The van der Waals surface area contributed by atoms with Crippen LogP contribution in [0.4, 0.5) is 11.5 Å². The van der Waals surface area contributed by atoms with Crippen LogP contribution in [0, 0.1) is 25.7 Å². The lowest BCUT2D eigenvalue weighted by Gasteiger charge is -2.35. The number of piperidine rings is 1. The van der Waals surface area contributed by atoms with Crippen molar-refractivity contribution >= 4 is 17.4 Å². The lowest BCUT2D eigenvalue weighted by atomic mass is 9.86. The number of phenolic OH excluding ortho intramolecular Hbond substituents is 1. The minimum atomic E-state index is -0.515. The number of nitrogens with zero attached hydrogens (tertiary/aromatic N) is 2. The van der Waals surface area contributed by atoms with E-state index in [0.717, 1.165) is 47.2 Å². The number of nitrogens with one attached hydrogen (secondary N) is 2. The highest BCUT2D eigenvalue weighted by atomic mass is 16.3. The van der Waals surface area contributed by atoms with E-state index in [-0.39, 0.29) is 0 Å². The number of nitrogens with two attached hydrogens (primary N) is 1. The number of carbonyl (C=O) groups is 1. The number of aryl methyl sites for hydroxylation is 2. The fourth-order valence-corrected chi connectivity index (χ4v) is 5.09. The number of hydrogen-bond acceptors (Lipinski definition) is 5. The molecule has 2 aromatic carbocycles. The largest absolute Gasteiger partial charge is 0.507 e. The minimum absolute atomic E-state index is 0.305. The van der Waals surface area contributed by atoms with Gasteiger partial charge in [-0.25, -0.2) is 0 Å². The van der Waals surface area contributed by atoms with Crippen molar-refractivity contribution in [2.24, 2.45) is 17.6 Å². The number of aromatic nitrogens is 2. The first-order valence-electron chi connectivity index (χ1n) is 12.5. The summed E-state index contributed by atoms with van der Waals surface area (Å²) in [6.45, 7) is 11.0. The quantitative estimate of drug-likeness (QED) is 0.370. The zero-order valence-electron chi connectivity index (χ0n) is 21.2. The molecule has 0 unspecified atom stereocenters. The van der Waals surface area contributed by atoms with Crippen LogP contribution >= 0.6 is 0 Å². The number of aromatic amines is 1. The summed E-state index contributed by atoms with van der Waals surface area (Å²) in [5.41, 5.74) is 11.8. The second-order valence-corrected chi connectivity index (χ2v) is 10.1. The molecule has 0 bridgehead atoms. The van der Waals surface area contributed by atoms with E-state index in [2.05, 4.69) is 58.5 Å². The average molecular weight is 476 g/mol. The Morgan fingerprint density at radius 3 is 2.34 bits per heavy atom. The van der Waals surface area contributed by atoms with Gasteiger partial charge < -0.3 is 21.1 Å². The molecule has 1 amide bonds. The Bertz CT molecular complexity index is 1150. The highest BCUT2D eigenvalue weighted by molar-refractivity contribution is 5.99. The van der Waals surface area contributed by atoms with Gasteiger partial charge in [0.1, 0.15) is 11.3 Å². The Balaban J connectivity index is 1.43. The average Bonchev–Trinajstić information content (AvgIpc) is 3.24. The van der Waals surface area contributed by atoms with Crippen molar-refractivity contribution in [1.82, 2.24) is 10.2 Å². The Morgan fingerprint density at radius 1 is 1.14 bits per heavy atom. The monoisotopic (exact) mass is 475 g/mol. The Hall–Kier alpha value is -3.48. The van der Waals surface area contributed by atoms with Crippen LogP contribution in [0.15, 0.2) is 36.4 Å². The molecule has 7 heteroatoms. The molecule has 3 aromatic rings. The smallest absolute Gasteiger partial charge is 0.254 e. The third-order valence-corrected chi connectivity index (χ3v) is 7.26. The molecule has 1 aliphatic heterocycles. The van der Waals surface area contributed by atoms with Gasteiger partial charge >= 0.3 is 0 Å². The molecule has 0 saturated carbocycles. The number of primary amides is 1. The SMILES string of the molecule is Cc1cc(CNc2n[nH]c(Cc3ccc(N4CCC(C(C)C)CC4)cc3)c2C(N)=O)cc(C)c1O. The van der Waals surface area contributed by atoms with Crippen LogP contribution in [0.1, 0.15) is 65.0 Å². The van der Waals surface area contributed by atoms with Crippen LogP contribution in [0.5, 0.6) is 5.75 Å². The van der Waals surface area contributed by atoms with Crippen LogP contribution in [0.3, 0.4) is 0 Å². The number of H-pyrrole nitrogens is 1. The van der Waals surface area contributed by atoms with Crippen molar-refractivity contribution in [1.29, 1.82) is 0 Å². The number of hydrogen-bond donors (Lipinski definition) is 4. The van der Waals surface area contributed by atoms with Crippen LogP contribution in [-0.4, -0.2) is 34.3 Å². The van der Waals surface area contributed by atoms with Gasteiger partial charge in [-0.2, -0.15) is 5.10 Å². The highest BCUT2D eigenvalue weighted by Crippen LogP contribution is 2.29.